The highest BCUT2D eigenvalue weighted by molar-refractivity contribution is 6.11. The molecule has 1 aliphatic rings. The van der Waals surface area contributed by atoms with E-state index in [0.29, 0.717) is 18.7 Å². The minimum Gasteiger partial charge on any atom is -0.310 e. The van der Waals surface area contributed by atoms with E-state index >= 15 is 0 Å². The maximum Gasteiger partial charge on any atom is 0.258 e. The van der Waals surface area contributed by atoms with Crippen LogP contribution in [0.15, 0.2) is 54.6 Å². The Morgan fingerprint density at radius 3 is 2.30 bits per heavy atom. The first-order valence-corrected chi connectivity index (χ1v) is 7.90. The molecule has 0 saturated heterocycles. The average molecular weight is 308 g/mol. The summed E-state index contributed by atoms with van der Waals surface area (Å²) in [6.45, 7) is 4.81. The third-order valence-electron chi connectivity index (χ3n) is 4.19. The number of hydrogen-bond donors (Lipinski definition) is 0. The van der Waals surface area contributed by atoms with Crippen LogP contribution in [0.1, 0.15) is 24.2 Å². The molecule has 1 atom stereocenters. The Morgan fingerprint density at radius 2 is 1.65 bits per heavy atom. The molecule has 4 heteroatoms. The summed E-state index contributed by atoms with van der Waals surface area (Å²) < 4.78 is 0. The Labute approximate surface area is 136 Å². The molecule has 23 heavy (non-hydrogen) atoms. The molecule has 0 spiro atoms. The minimum atomic E-state index is -0.241. The Morgan fingerprint density at radius 1 is 1.04 bits per heavy atom. The number of anilines is 2. The SMILES string of the molecule is CCN1C(=O)C(C)CN(C(=O)c2ccccc2)c2ccccc21. The molecule has 3 rings (SSSR count). The lowest BCUT2D eigenvalue weighted by Crippen LogP contribution is -2.38. The molecular weight excluding hydrogens is 288 g/mol. The third-order valence-corrected chi connectivity index (χ3v) is 4.19. The van der Waals surface area contributed by atoms with Crippen molar-refractivity contribution in [3.8, 4) is 0 Å². The highest BCUT2D eigenvalue weighted by Crippen LogP contribution is 2.34. The number of rotatable bonds is 2. The number of hydrogen-bond acceptors (Lipinski definition) is 2. The van der Waals surface area contributed by atoms with Gasteiger partial charge in [-0.1, -0.05) is 37.3 Å². The summed E-state index contributed by atoms with van der Waals surface area (Å²) in [5.41, 5.74) is 2.22. The van der Waals surface area contributed by atoms with Crippen molar-refractivity contribution >= 4 is 23.2 Å². The van der Waals surface area contributed by atoms with Gasteiger partial charge in [-0.3, -0.25) is 9.59 Å². The summed E-state index contributed by atoms with van der Waals surface area (Å²) in [6, 6.07) is 16.8. The summed E-state index contributed by atoms with van der Waals surface area (Å²) in [6.07, 6.45) is 0. The largest absolute Gasteiger partial charge is 0.310 e. The van der Waals surface area contributed by atoms with Crippen LogP contribution in [0.4, 0.5) is 11.4 Å². The van der Waals surface area contributed by atoms with Crippen LogP contribution < -0.4 is 9.80 Å². The number of para-hydroxylation sites is 2. The Kier molecular flexibility index (Phi) is 4.15. The van der Waals surface area contributed by atoms with Crippen molar-refractivity contribution in [2.75, 3.05) is 22.9 Å². The van der Waals surface area contributed by atoms with Crippen LogP contribution in [-0.2, 0) is 4.79 Å². The monoisotopic (exact) mass is 308 g/mol. The predicted octanol–water partition coefficient (Wildman–Crippen LogP) is 3.34. The number of fused-ring (bicyclic) bond motifs is 1. The highest BCUT2D eigenvalue weighted by atomic mass is 16.2. The van der Waals surface area contributed by atoms with E-state index in [-0.39, 0.29) is 17.7 Å². The molecule has 2 aromatic carbocycles. The summed E-state index contributed by atoms with van der Waals surface area (Å²) in [7, 11) is 0. The van der Waals surface area contributed by atoms with Gasteiger partial charge in [-0.15, -0.1) is 0 Å². The number of benzene rings is 2. The zero-order valence-corrected chi connectivity index (χ0v) is 13.4. The molecule has 118 valence electrons. The highest BCUT2D eigenvalue weighted by Gasteiger charge is 2.33. The van der Waals surface area contributed by atoms with Crippen LogP contribution in [0.25, 0.3) is 0 Å². The Balaban J connectivity index is 2.10. The molecule has 2 aromatic rings. The molecular formula is C19H20N2O2. The summed E-state index contributed by atoms with van der Waals surface area (Å²) in [5, 5.41) is 0. The third kappa shape index (κ3) is 2.72. The minimum absolute atomic E-state index is 0.0586. The van der Waals surface area contributed by atoms with E-state index in [1.807, 2.05) is 56.3 Å². The number of amides is 2. The van der Waals surface area contributed by atoms with Crippen molar-refractivity contribution < 1.29 is 9.59 Å². The smallest absolute Gasteiger partial charge is 0.258 e. The van der Waals surface area contributed by atoms with Crippen LogP contribution in [0.2, 0.25) is 0 Å². The summed E-state index contributed by atoms with van der Waals surface area (Å²) >= 11 is 0. The van der Waals surface area contributed by atoms with E-state index < -0.39 is 0 Å². The van der Waals surface area contributed by atoms with Crippen molar-refractivity contribution in [1.82, 2.24) is 0 Å². The van der Waals surface area contributed by atoms with Crippen LogP contribution in [0, 0.1) is 5.92 Å². The van der Waals surface area contributed by atoms with Gasteiger partial charge in [0.2, 0.25) is 5.91 Å². The van der Waals surface area contributed by atoms with Crippen molar-refractivity contribution in [3.63, 3.8) is 0 Å². The van der Waals surface area contributed by atoms with Crippen LogP contribution in [-0.4, -0.2) is 24.9 Å². The van der Waals surface area contributed by atoms with Gasteiger partial charge in [0.25, 0.3) is 5.91 Å². The van der Waals surface area contributed by atoms with E-state index in [4.69, 9.17) is 0 Å². The van der Waals surface area contributed by atoms with Gasteiger partial charge < -0.3 is 9.80 Å². The van der Waals surface area contributed by atoms with Gasteiger partial charge in [0.1, 0.15) is 0 Å². The topological polar surface area (TPSA) is 40.6 Å². The van der Waals surface area contributed by atoms with Crippen molar-refractivity contribution in [3.05, 3.63) is 60.2 Å². The average Bonchev–Trinajstić information content (AvgIpc) is 2.70. The molecule has 1 aliphatic heterocycles. The van der Waals surface area contributed by atoms with Gasteiger partial charge in [0.05, 0.1) is 17.3 Å². The molecule has 0 radical (unpaired) electrons. The van der Waals surface area contributed by atoms with E-state index in [2.05, 4.69) is 0 Å². The zero-order valence-electron chi connectivity index (χ0n) is 13.4. The Hall–Kier alpha value is -2.62. The molecule has 1 unspecified atom stereocenters. The van der Waals surface area contributed by atoms with Crippen molar-refractivity contribution in [2.45, 2.75) is 13.8 Å². The van der Waals surface area contributed by atoms with Crippen molar-refractivity contribution in [1.29, 1.82) is 0 Å². The van der Waals surface area contributed by atoms with Gasteiger partial charge in [-0.05, 0) is 31.2 Å². The second-order valence-corrected chi connectivity index (χ2v) is 5.75. The zero-order chi connectivity index (χ0) is 16.4. The second-order valence-electron chi connectivity index (χ2n) is 5.75. The van der Waals surface area contributed by atoms with E-state index in [1.165, 1.54) is 0 Å². The molecule has 0 fully saturated rings. The summed E-state index contributed by atoms with van der Waals surface area (Å²) in [5.74, 6) is -0.256. The van der Waals surface area contributed by atoms with E-state index in [0.717, 1.165) is 11.4 Å². The van der Waals surface area contributed by atoms with E-state index in [1.54, 1.807) is 21.9 Å². The van der Waals surface area contributed by atoms with Gasteiger partial charge in [-0.25, -0.2) is 0 Å². The molecule has 0 saturated carbocycles. The molecule has 0 aromatic heterocycles. The molecule has 0 N–H and O–H groups in total. The molecule has 2 amide bonds. The fourth-order valence-electron chi connectivity index (χ4n) is 3.01. The maximum absolute atomic E-state index is 13.0. The van der Waals surface area contributed by atoms with Crippen LogP contribution in [0.3, 0.4) is 0 Å². The first kappa shape index (κ1) is 15.3. The second kappa shape index (κ2) is 6.24. The van der Waals surface area contributed by atoms with Gasteiger partial charge >= 0.3 is 0 Å². The normalized spacial score (nSPS) is 17.7. The number of carbonyl (C=O) groups is 2. The van der Waals surface area contributed by atoms with Crippen molar-refractivity contribution in [2.24, 2.45) is 5.92 Å². The van der Waals surface area contributed by atoms with E-state index in [9.17, 15) is 9.59 Å². The predicted molar refractivity (Wildman–Crippen MR) is 91.8 cm³/mol. The standard InChI is InChI=1S/C19H20N2O2/c1-3-20-16-11-7-8-12-17(16)21(13-14(2)18(20)22)19(23)15-9-5-4-6-10-15/h4-12,14H,3,13H2,1-2H3. The molecule has 0 aliphatic carbocycles. The molecule has 1 heterocycles. The fourth-order valence-corrected chi connectivity index (χ4v) is 3.01. The number of carbonyl (C=O) groups excluding carboxylic acids is 2. The molecule has 4 nitrogen and oxygen atoms in total. The van der Waals surface area contributed by atoms with Crippen LogP contribution in [0.5, 0.6) is 0 Å². The lowest BCUT2D eigenvalue weighted by molar-refractivity contribution is -0.121. The first-order valence-electron chi connectivity index (χ1n) is 7.90. The quantitative estimate of drug-likeness (QED) is 0.854. The van der Waals surface area contributed by atoms with Crippen LogP contribution >= 0.6 is 0 Å². The summed E-state index contributed by atoms with van der Waals surface area (Å²) in [4.78, 5) is 29.1. The lowest BCUT2D eigenvalue weighted by Gasteiger charge is -2.24. The fraction of sp³-hybridized carbons (Fsp3) is 0.263. The lowest BCUT2D eigenvalue weighted by atomic mass is 10.1. The van der Waals surface area contributed by atoms with Gasteiger partial charge in [-0.2, -0.15) is 0 Å². The Bertz CT molecular complexity index is 727. The molecule has 0 bridgehead atoms. The maximum atomic E-state index is 13.0. The number of nitrogens with zero attached hydrogens (tertiary/aromatic N) is 2. The van der Waals surface area contributed by atoms with Gasteiger partial charge in [0, 0.05) is 18.7 Å². The van der Waals surface area contributed by atoms with Gasteiger partial charge in [0.15, 0.2) is 0 Å². The first-order chi connectivity index (χ1) is 11.1.